The van der Waals surface area contributed by atoms with Crippen LogP contribution in [0.1, 0.15) is 46.5 Å². The highest BCUT2D eigenvalue weighted by Crippen LogP contribution is 2.30. The molecule has 0 radical (unpaired) electrons. The Morgan fingerprint density at radius 2 is 1.76 bits per heavy atom. The highest BCUT2D eigenvalue weighted by atomic mass is 32.2. The van der Waals surface area contributed by atoms with Crippen molar-refractivity contribution in [2.75, 3.05) is 12.0 Å². The van der Waals surface area contributed by atoms with Crippen LogP contribution in [0.2, 0.25) is 0 Å². The van der Waals surface area contributed by atoms with Gasteiger partial charge in [0.15, 0.2) is 0 Å². The lowest BCUT2D eigenvalue weighted by molar-refractivity contribution is 0.197. The summed E-state index contributed by atoms with van der Waals surface area (Å²) in [6.45, 7) is 6.52. The van der Waals surface area contributed by atoms with E-state index >= 15 is 0 Å². The van der Waals surface area contributed by atoms with Crippen molar-refractivity contribution in [2.24, 2.45) is 11.8 Å². The molecule has 102 valence electrons. The summed E-state index contributed by atoms with van der Waals surface area (Å²) in [5.74, 6) is 1.62. The van der Waals surface area contributed by atoms with E-state index in [1.807, 2.05) is 6.92 Å². The van der Waals surface area contributed by atoms with Crippen LogP contribution in [-0.2, 0) is 9.84 Å². The van der Waals surface area contributed by atoms with Crippen LogP contribution in [-0.4, -0.2) is 32.5 Å². The maximum atomic E-state index is 11.3. The molecule has 0 amide bonds. The van der Waals surface area contributed by atoms with E-state index in [1.165, 1.54) is 31.9 Å². The maximum absolute atomic E-state index is 11.3. The second-order valence-electron chi connectivity index (χ2n) is 5.96. The van der Waals surface area contributed by atoms with E-state index in [2.05, 4.69) is 19.2 Å². The zero-order chi connectivity index (χ0) is 13.1. The third kappa shape index (κ3) is 5.38. The molecule has 0 aromatic rings. The maximum Gasteiger partial charge on any atom is 0.148 e. The van der Waals surface area contributed by atoms with Crippen LogP contribution in [0.5, 0.6) is 0 Å². The zero-order valence-corrected chi connectivity index (χ0v) is 12.4. The Kier molecular flexibility index (Phi) is 5.45. The molecule has 3 nitrogen and oxygen atoms in total. The monoisotopic (exact) mass is 261 g/mol. The van der Waals surface area contributed by atoms with Crippen molar-refractivity contribution >= 4 is 9.84 Å². The third-order valence-electron chi connectivity index (χ3n) is 3.73. The second-order valence-corrected chi connectivity index (χ2v) is 8.14. The first-order chi connectivity index (χ1) is 7.79. The van der Waals surface area contributed by atoms with Gasteiger partial charge in [-0.25, -0.2) is 8.42 Å². The standard InChI is InChI=1S/C13H27NO2S/c1-10(2)12-7-5-6-8-13(12)14-11(3)9-17(4,15)16/h10-14H,5-9H2,1-4H3. The SMILES string of the molecule is CC(CS(C)(=O)=O)NC1CCCCC1C(C)C. The van der Waals surface area contributed by atoms with Crippen LogP contribution in [0.4, 0.5) is 0 Å². The first-order valence-electron chi connectivity index (χ1n) is 6.73. The van der Waals surface area contributed by atoms with Crippen LogP contribution in [0.25, 0.3) is 0 Å². The van der Waals surface area contributed by atoms with Crippen molar-refractivity contribution in [1.29, 1.82) is 0 Å². The summed E-state index contributed by atoms with van der Waals surface area (Å²) in [5.41, 5.74) is 0. The van der Waals surface area contributed by atoms with Crippen LogP contribution in [0.3, 0.4) is 0 Å². The highest BCUT2D eigenvalue weighted by molar-refractivity contribution is 7.90. The van der Waals surface area contributed by atoms with Gasteiger partial charge in [-0.15, -0.1) is 0 Å². The Morgan fingerprint density at radius 1 is 1.18 bits per heavy atom. The van der Waals surface area contributed by atoms with E-state index in [-0.39, 0.29) is 11.8 Å². The molecule has 3 atom stereocenters. The Bertz CT molecular complexity index is 324. The fourth-order valence-electron chi connectivity index (χ4n) is 3.03. The fraction of sp³-hybridized carbons (Fsp3) is 1.00. The number of rotatable bonds is 5. The molecule has 3 unspecified atom stereocenters. The van der Waals surface area contributed by atoms with E-state index in [0.717, 1.165) is 0 Å². The molecular weight excluding hydrogens is 234 g/mol. The lowest BCUT2D eigenvalue weighted by atomic mass is 9.77. The van der Waals surface area contributed by atoms with Crippen molar-refractivity contribution in [3.63, 3.8) is 0 Å². The van der Waals surface area contributed by atoms with Crippen molar-refractivity contribution in [3.05, 3.63) is 0 Å². The quantitative estimate of drug-likeness (QED) is 0.825. The van der Waals surface area contributed by atoms with E-state index < -0.39 is 9.84 Å². The van der Waals surface area contributed by atoms with Crippen molar-refractivity contribution in [3.8, 4) is 0 Å². The molecule has 1 aliphatic rings. The highest BCUT2D eigenvalue weighted by Gasteiger charge is 2.28. The topological polar surface area (TPSA) is 46.2 Å². The Hall–Kier alpha value is -0.0900. The summed E-state index contributed by atoms with van der Waals surface area (Å²) >= 11 is 0. The van der Waals surface area contributed by atoms with E-state index in [0.29, 0.717) is 17.9 Å². The van der Waals surface area contributed by atoms with Gasteiger partial charge in [0.1, 0.15) is 9.84 Å². The largest absolute Gasteiger partial charge is 0.310 e. The van der Waals surface area contributed by atoms with E-state index in [4.69, 9.17) is 0 Å². The average Bonchev–Trinajstić information content (AvgIpc) is 2.14. The molecule has 17 heavy (non-hydrogen) atoms. The summed E-state index contributed by atoms with van der Waals surface area (Å²) in [6, 6.07) is 0.565. The Balaban J connectivity index is 2.53. The molecule has 4 heteroatoms. The van der Waals surface area contributed by atoms with Gasteiger partial charge in [-0.05, 0) is 31.6 Å². The van der Waals surface area contributed by atoms with Gasteiger partial charge >= 0.3 is 0 Å². The lowest BCUT2D eigenvalue weighted by Gasteiger charge is -2.36. The van der Waals surface area contributed by atoms with Gasteiger partial charge in [0.25, 0.3) is 0 Å². The molecule has 0 heterocycles. The van der Waals surface area contributed by atoms with E-state index in [9.17, 15) is 8.42 Å². The molecular formula is C13H27NO2S. The van der Waals surface area contributed by atoms with Gasteiger partial charge in [0, 0.05) is 18.3 Å². The molecule has 0 spiro atoms. The third-order valence-corrected chi connectivity index (χ3v) is 4.83. The minimum Gasteiger partial charge on any atom is -0.310 e. The van der Waals surface area contributed by atoms with Crippen LogP contribution in [0, 0.1) is 11.8 Å². The predicted molar refractivity (Wildman–Crippen MR) is 72.9 cm³/mol. The molecule has 0 aromatic carbocycles. The van der Waals surface area contributed by atoms with Crippen molar-refractivity contribution < 1.29 is 8.42 Å². The first-order valence-corrected chi connectivity index (χ1v) is 8.79. The lowest BCUT2D eigenvalue weighted by Crippen LogP contribution is -2.47. The number of nitrogens with one attached hydrogen (secondary N) is 1. The first kappa shape index (κ1) is 15.0. The van der Waals surface area contributed by atoms with Crippen molar-refractivity contribution in [2.45, 2.75) is 58.5 Å². The number of hydrogen-bond donors (Lipinski definition) is 1. The minimum atomic E-state index is -2.87. The fourth-order valence-corrected chi connectivity index (χ4v) is 4.04. The molecule has 1 rings (SSSR count). The molecule has 0 aliphatic heterocycles. The number of hydrogen-bond acceptors (Lipinski definition) is 3. The summed E-state index contributed by atoms with van der Waals surface area (Å²) in [4.78, 5) is 0. The second kappa shape index (κ2) is 6.19. The molecule has 1 N–H and O–H groups in total. The van der Waals surface area contributed by atoms with Gasteiger partial charge in [0.05, 0.1) is 5.75 Å². The van der Waals surface area contributed by atoms with Crippen molar-refractivity contribution in [1.82, 2.24) is 5.32 Å². The van der Waals surface area contributed by atoms with Gasteiger partial charge in [-0.1, -0.05) is 26.7 Å². The van der Waals surface area contributed by atoms with Crippen LogP contribution >= 0.6 is 0 Å². The summed E-state index contributed by atoms with van der Waals surface area (Å²) < 4.78 is 22.5. The minimum absolute atomic E-state index is 0.0642. The van der Waals surface area contributed by atoms with Gasteiger partial charge < -0.3 is 5.32 Å². The van der Waals surface area contributed by atoms with Gasteiger partial charge in [-0.2, -0.15) is 0 Å². The molecule has 1 aliphatic carbocycles. The van der Waals surface area contributed by atoms with Gasteiger partial charge in [0.2, 0.25) is 0 Å². The van der Waals surface area contributed by atoms with E-state index in [1.54, 1.807) is 0 Å². The molecule has 0 saturated heterocycles. The smallest absolute Gasteiger partial charge is 0.148 e. The normalized spacial score (nSPS) is 28.3. The zero-order valence-electron chi connectivity index (χ0n) is 11.6. The Labute approximate surface area is 106 Å². The van der Waals surface area contributed by atoms with Gasteiger partial charge in [-0.3, -0.25) is 0 Å². The summed E-state index contributed by atoms with van der Waals surface area (Å²) in [6.07, 6.45) is 6.37. The van der Waals surface area contributed by atoms with Crippen LogP contribution in [0.15, 0.2) is 0 Å². The summed E-state index contributed by atoms with van der Waals surface area (Å²) in [7, 11) is -2.87. The summed E-state index contributed by atoms with van der Waals surface area (Å²) in [5, 5.41) is 3.53. The molecule has 0 bridgehead atoms. The predicted octanol–water partition coefficient (Wildman–Crippen LogP) is 2.22. The Morgan fingerprint density at radius 3 is 2.29 bits per heavy atom. The molecule has 0 aromatic heterocycles. The molecule has 1 saturated carbocycles. The average molecular weight is 261 g/mol. The molecule has 1 fully saturated rings. The number of sulfone groups is 1. The van der Waals surface area contributed by atoms with Crippen LogP contribution < -0.4 is 5.32 Å².